The van der Waals surface area contributed by atoms with Gasteiger partial charge in [-0.25, -0.2) is 0 Å². The second-order valence-electron chi connectivity index (χ2n) is 15.1. The van der Waals surface area contributed by atoms with Crippen LogP contribution >= 0.6 is 11.6 Å². The highest BCUT2D eigenvalue weighted by molar-refractivity contribution is 6.31. The summed E-state index contributed by atoms with van der Waals surface area (Å²) in [5.41, 5.74) is 4.65. The number of aliphatic hydroxyl groups excluding tert-OH is 1. The van der Waals surface area contributed by atoms with Gasteiger partial charge in [0.05, 0.1) is 6.10 Å². The molecule has 316 valence electrons. The topological polar surface area (TPSA) is 198 Å². The maximum atomic E-state index is 13.6. The third kappa shape index (κ3) is 11.1. The largest absolute Gasteiger partial charge is 0.490 e. The van der Waals surface area contributed by atoms with Crippen molar-refractivity contribution >= 4 is 41.4 Å². The lowest BCUT2D eigenvalue weighted by molar-refractivity contribution is -0.290. The average Bonchev–Trinajstić information content (AvgIpc) is 4.14. The summed E-state index contributed by atoms with van der Waals surface area (Å²) in [6.45, 7) is 4.73. The van der Waals surface area contributed by atoms with Crippen molar-refractivity contribution < 1.29 is 57.5 Å². The smallest absolute Gasteiger partial charge is 0.305 e. The fraction of sp³-hybridized carbons (Fsp3) is 0.488. The van der Waals surface area contributed by atoms with Gasteiger partial charge in [0.25, 0.3) is 5.91 Å². The minimum Gasteiger partial charge on any atom is -0.490 e. The summed E-state index contributed by atoms with van der Waals surface area (Å²) in [6.07, 6.45) is 0.904. The van der Waals surface area contributed by atoms with Crippen molar-refractivity contribution in [3.05, 3.63) is 82.6 Å². The molecule has 59 heavy (non-hydrogen) atoms. The second kappa shape index (κ2) is 19.3. The molecule has 0 spiro atoms. The predicted octanol–water partition coefficient (Wildman–Crippen LogP) is 4.78. The Bertz CT molecular complexity index is 2020. The number of rotatable bonds is 18. The Morgan fingerprint density at radius 3 is 2.22 bits per heavy atom. The van der Waals surface area contributed by atoms with E-state index in [1.807, 2.05) is 48.7 Å². The lowest BCUT2D eigenvalue weighted by Crippen LogP contribution is -2.65. The second-order valence-corrected chi connectivity index (χ2v) is 15.5. The van der Waals surface area contributed by atoms with Crippen LogP contribution in [0.15, 0.2) is 60.9 Å². The number of ether oxygens (including phenoxy) is 6. The molecule has 1 saturated heterocycles. The molecule has 1 aromatic heterocycles. The lowest BCUT2D eigenvalue weighted by Gasteiger charge is -2.43. The molecule has 3 fully saturated rings. The zero-order valence-corrected chi connectivity index (χ0v) is 34.2. The molecule has 0 radical (unpaired) electrons. The van der Waals surface area contributed by atoms with Gasteiger partial charge in [0.15, 0.2) is 18.3 Å². The predicted molar refractivity (Wildman–Crippen MR) is 212 cm³/mol. The van der Waals surface area contributed by atoms with Crippen LogP contribution < -0.4 is 15.4 Å². The van der Waals surface area contributed by atoms with Gasteiger partial charge in [0.2, 0.25) is 12.4 Å². The number of pyridine rings is 1. The molecule has 3 N–H and O–H groups in total. The van der Waals surface area contributed by atoms with Crippen molar-refractivity contribution in [3.63, 3.8) is 0 Å². The number of nitrogens with one attached hydrogen (secondary N) is 2. The first-order chi connectivity index (χ1) is 28.3. The maximum Gasteiger partial charge on any atom is 0.305 e. The van der Waals surface area contributed by atoms with E-state index in [1.165, 1.54) is 0 Å². The van der Waals surface area contributed by atoms with Crippen LogP contribution in [-0.2, 0) is 59.7 Å². The van der Waals surface area contributed by atoms with Crippen LogP contribution in [-0.4, -0.2) is 89.8 Å². The van der Waals surface area contributed by atoms with Crippen molar-refractivity contribution in [2.45, 2.75) is 121 Å². The number of carbonyl (C=O) groups excluding carboxylic acids is 5. The third-order valence-corrected chi connectivity index (χ3v) is 10.8. The molecule has 2 aromatic carbocycles. The molecule has 3 aliphatic rings. The molecule has 3 aromatic rings. The molecular weight excluding hydrogens is 786 g/mol. The Kier molecular flexibility index (Phi) is 14.2. The van der Waals surface area contributed by atoms with Gasteiger partial charge in [-0.15, -0.1) is 0 Å². The van der Waals surface area contributed by atoms with Crippen LogP contribution in [0.3, 0.4) is 0 Å². The van der Waals surface area contributed by atoms with E-state index in [-0.39, 0.29) is 30.7 Å². The first-order valence-electron chi connectivity index (χ1n) is 19.8. The van der Waals surface area contributed by atoms with E-state index in [0.717, 1.165) is 86.9 Å². The van der Waals surface area contributed by atoms with Gasteiger partial charge in [-0.1, -0.05) is 41.9 Å². The van der Waals surface area contributed by atoms with Crippen LogP contribution in [0.1, 0.15) is 88.8 Å². The number of carbonyl (C=O) groups is 5. The van der Waals surface area contributed by atoms with E-state index in [4.69, 9.17) is 40.0 Å². The molecule has 2 heterocycles. The number of hydrogen-bond acceptors (Lipinski definition) is 14. The van der Waals surface area contributed by atoms with E-state index in [2.05, 4.69) is 21.7 Å². The first kappa shape index (κ1) is 43.5. The molecule has 2 saturated carbocycles. The number of para-hydroxylation sites is 1. The minimum absolute atomic E-state index is 0.110. The number of nitrogens with zero attached hydrogens (tertiary/aromatic N) is 1. The fourth-order valence-electron chi connectivity index (χ4n) is 7.35. The van der Waals surface area contributed by atoms with Crippen LogP contribution in [0.5, 0.6) is 5.75 Å². The lowest BCUT2D eigenvalue weighted by atomic mass is 9.92. The Hall–Kier alpha value is -5.09. The van der Waals surface area contributed by atoms with E-state index in [1.54, 1.807) is 6.20 Å². The molecule has 2 unspecified atom stereocenters. The zero-order valence-electron chi connectivity index (χ0n) is 33.4. The molecule has 0 bridgehead atoms. The van der Waals surface area contributed by atoms with Gasteiger partial charge in [-0.2, -0.15) is 0 Å². The van der Waals surface area contributed by atoms with Gasteiger partial charge >= 0.3 is 23.9 Å². The Balaban J connectivity index is 1.10. The Morgan fingerprint density at radius 1 is 0.881 bits per heavy atom. The molecule has 6 atom stereocenters. The van der Waals surface area contributed by atoms with E-state index in [0.29, 0.717) is 24.4 Å². The Morgan fingerprint density at radius 2 is 1.56 bits per heavy atom. The summed E-state index contributed by atoms with van der Waals surface area (Å²) < 4.78 is 33.2. The van der Waals surface area contributed by atoms with E-state index in [9.17, 15) is 29.1 Å². The van der Waals surface area contributed by atoms with Crippen molar-refractivity contribution in [2.24, 2.45) is 0 Å². The monoisotopic (exact) mass is 835 g/mol. The molecular formula is C43H50ClN3O12. The summed E-state index contributed by atoms with van der Waals surface area (Å²) >= 11 is 6.73. The summed E-state index contributed by atoms with van der Waals surface area (Å²) in [5, 5.41) is 17.5. The molecule has 15 nitrogen and oxygen atoms in total. The molecule has 1 amide bonds. The SMILES string of the molecule is CC(=O)OC1O[C@H](C(=O)NCCCC(CO)c2ccc(Cl)c(CNC3(c4cnccc4-c4ccccc4OC4CC4)CC3)c2)[C@@H](OC(C)=O)[C@H](OC(C)=O)[C@H]1OC(C)=O. The van der Waals surface area contributed by atoms with Crippen molar-refractivity contribution in [1.29, 1.82) is 0 Å². The number of amides is 1. The third-order valence-electron chi connectivity index (χ3n) is 10.4. The summed E-state index contributed by atoms with van der Waals surface area (Å²) in [4.78, 5) is 66.2. The van der Waals surface area contributed by atoms with Crippen molar-refractivity contribution in [2.75, 3.05) is 13.2 Å². The van der Waals surface area contributed by atoms with Crippen LogP contribution in [0.2, 0.25) is 5.02 Å². The number of esters is 4. The summed E-state index contributed by atoms with van der Waals surface area (Å²) in [5.74, 6) is -3.53. The van der Waals surface area contributed by atoms with Crippen LogP contribution in [0, 0.1) is 0 Å². The van der Waals surface area contributed by atoms with Gasteiger partial charge in [-0.05, 0) is 79.0 Å². The van der Waals surface area contributed by atoms with Gasteiger partial charge < -0.3 is 44.2 Å². The molecule has 2 aliphatic carbocycles. The van der Waals surface area contributed by atoms with Crippen LogP contribution in [0.4, 0.5) is 0 Å². The molecule has 1 aliphatic heterocycles. The number of hydrogen-bond donors (Lipinski definition) is 3. The van der Waals surface area contributed by atoms with Crippen molar-refractivity contribution in [3.8, 4) is 16.9 Å². The summed E-state index contributed by atoms with van der Waals surface area (Å²) in [7, 11) is 0. The minimum atomic E-state index is -1.67. The number of aliphatic hydroxyl groups is 1. The Labute approximate surface area is 347 Å². The molecule has 16 heteroatoms. The number of halogens is 1. The van der Waals surface area contributed by atoms with Gasteiger partial charge in [-0.3, -0.25) is 29.0 Å². The highest BCUT2D eigenvalue weighted by Gasteiger charge is 2.55. The molecule has 6 rings (SSSR count). The standard InChI is InChI=1S/C43H50ClN3O12/c1-24(49)54-37-38(55-25(2)50)40(56-26(3)51)42(57-27(4)52)59-39(37)41(53)46-18-7-8-29(23-48)28-11-14-35(44)30(20-28)21-47-43(16-17-43)34-22-45-19-15-32(34)33-9-5-6-10-36(33)58-31-12-13-31/h5-6,9-11,14-15,19-20,22,29,31,37-40,42,47-48H,7-8,12-13,16-18,21,23H2,1-4H3,(H,46,53)/t29?,37-,38-,39-,40+,42?/m0/s1. The first-order valence-corrected chi connectivity index (χ1v) is 20.1. The maximum absolute atomic E-state index is 13.6. The highest BCUT2D eigenvalue weighted by atomic mass is 35.5. The van der Waals surface area contributed by atoms with Gasteiger partial charge in [0.1, 0.15) is 5.75 Å². The van der Waals surface area contributed by atoms with Crippen molar-refractivity contribution in [1.82, 2.24) is 15.6 Å². The highest BCUT2D eigenvalue weighted by Crippen LogP contribution is 2.50. The quantitative estimate of drug-likeness (QED) is 0.0899. The fourth-order valence-corrected chi connectivity index (χ4v) is 7.53. The zero-order chi connectivity index (χ0) is 42.3. The van der Waals surface area contributed by atoms with E-state index < -0.39 is 60.5 Å². The summed E-state index contributed by atoms with van der Waals surface area (Å²) in [6, 6.07) is 15.8. The normalized spacial score (nSPS) is 22.3. The number of aromatic nitrogens is 1. The number of benzene rings is 2. The van der Waals surface area contributed by atoms with Crippen LogP contribution in [0.25, 0.3) is 11.1 Å². The van der Waals surface area contributed by atoms with E-state index >= 15 is 0 Å². The van der Waals surface area contributed by atoms with Gasteiger partial charge in [0, 0.05) is 81.8 Å². The average molecular weight is 836 g/mol.